The van der Waals surface area contributed by atoms with Crippen molar-refractivity contribution in [1.29, 1.82) is 0 Å². The molecule has 2 heterocycles. The summed E-state index contributed by atoms with van der Waals surface area (Å²) < 4.78 is 9.14. The van der Waals surface area contributed by atoms with Gasteiger partial charge in [0.2, 0.25) is 0 Å². The van der Waals surface area contributed by atoms with Crippen LogP contribution in [0.15, 0.2) is 41.2 Å². The molecule has 26 heavy (non-hydrogen) atoms. The molecule has 0 aliphatic heterocycles. The number of para-hydroxylation sites is 2. The maximum atomic E-state index is 12.8. The molecule has 2 aromatic carbocycles. The molecule has 0 saturated heterocycles. The van der Waals surface area contributed by atoms with E-state index < -0.39 is 0 Å². The summed E-state index contributed by atoms with van der Waals surface area (Å²) in [6.45, 7) is 1.38. The Kier molecular flexibility index (Phi) is 4.73. The molecular weight excluding hydrogens is 578 g/mol. The van der Waals surface area contributed by atoms with Crippen LogP contribution in [0.5, 0.6) is 5.75 Å². The van der Waals surface area contributed by atoms with Crippen molar-refractivity contribution in [2.75, 3.05) is 0 Å². The van der Waals surface area contributed by atoms with Crippen LogP contribution in [0.4, 0.5) is 0 Å². The van der Waals surface area contributed by atoms with Crippen LogP contribution in [-0.2, 0) is 4.79 Å². The van der Waals surface area contributed by atoms with Gasteiger partial charge in [-0.25, -0.2) is 9.38 Å². The van der Waals surface area contributed by atoms with Crippen LogP contribution in [0.1, 0.15) is 12.5 Å². The number of carbonyl (C=O) groups excluding carboxylic acids is 1. The Hall–Kier alpha value is -1.53. The minimum atomic E-state index is -0.356. The highest BCUT2D eigenvalue weighted by Crippen LogP contribution is 2.29. The second-order valence-electron chi connectivity index (χ2n) is 5.54. The van der Waals surface area contributed by atoms with Crippen molar-refractivity contribution in [1.82, 2.24) is 9.38 Å². The molecular formula is C18H10I2N2O3S. The van der Waals surface area contributed by atoms with E-state index in [2.05, 4.69) is 50.2 Å². The lowest BCUT2D eigenvalue weighted by molar-refractivity contribution is -0.132. The van der Waals surface area contributed by atoms with Gasteiger partial charge in [0.15, 0.2) is 10.7 Å². The van der Waals surface area contributed by atoms with Crippen LogP contribution < -0.4 is 14.8 Å². The predicted octanol–water partition coefficient (Wildman–Crippen LogP) is 3.59. The third kappa shape index (κ3) is 3.14. The number of halogens is 2. The Balaban J connectivity index is 1.88. The Bertz CT molecular complexity index is 1270. The molecule has 0 bridgehead atoms. The van der Waals surface area contributed by atoms with Crippen LogP contribution >= 0.6 is 56.5 Å². The number of rotatable bonds is 2. The molecule has 2 aromatic heterocycles. The Morgan fingerprint density at radius 1 is 1.23 bits per heavy atom. The lowest BCUT2D eigenvalue weighted by Gasteiger charge is -2.07. The molecule has 0 spiro atoms. The van der Waals surface area contributed by atoms with Gasteiger partial charge in [-0.15, -0.1) is 0 Å². The summed E-state index contributed by atoms with van der Waals surface area (Å²) in [6, 6.07) is 11.4. The molecule has 0 radical (unpaired) electrons. The lowest BCUT2D eigenvalue weighted by Crippen LogP contribution is -2.22. The van der Waals surface area contributed by atoms with Crippen molar-refractivity contribution in [3.63, 3.8) is 0 Å². The van der Waals surface area contributed by atoms with E-state index in [-0.39, 0.29) is 11.5 Å². The molecule has 0 amide bonds. The summed E-state index contributed by atoms with van der Waals surface area (Å²) in [5, 5.41) is 0. The van der Waals surface area contributed by atoms with Crippen molar-refractivity contribution in [3.8, 4) is 5.75 Å². The molecule has 0 fully saturated rings. The number of fused-ring (bicyclic) bond motifs is 3. The number of carbonyl (C=O) groups is 1. The Morgan fingerprint density at radius 2 is 1.92 bits per heavy atom. The second-order valence-corrected chi connectivity index (χ2v) is 8.88. The van der Waals surface area contributed by atoms with E-state index in [4.69, 9.17) is 4.74 Å². The summed E-state index contributed by atoms with van der Waals surface area (Å²) in [4.78, 5) is 29.3. The van der Waals surface area contributed by atoms with Crippen LogP contribution in [0, 0.1) is 7.14 Å². The van der Waals surface area contributed by atoms with Crippen molar-refractivity contribution >= 4 is 84.6 Å². The number of hydrogen-bond donors (Lipinski definition) is 0. The number of aromatic nitrogens is 2. The maximum Gasteiger partial charge on any atom is 0.308 e. The van der Waals surface area contributed by atoms with Crippen molar-refractivity contribution < 1.29 is 9.53 Å². The van der Waals surface area contributed by atoms with Gasteiger partial charge in [-0.1, -0.05) is 23.5 Å². The van der Waals surface area contributed by atoms with Gasteiger partial charge < -0.3 is 4.74 Å². The normalized spacial score (nSPS) is 12.2. The van der Waals surface area contributed by atoms with Crippen molar-refractivity contribution in [3.05, 3.63) is 64.0 Å². The zero-order valence-electron chi connectivity index (χ0n) is 13.3. The highest BCUT2D eigenvalue weighted by atomic mass is 127. The SMILES string of the molecule is CC(=O)Oc1c(I)cc(C=c2sc3nc4ccccc4n3c2=O)cc1I. The number of thiazole rings is 1. The van der Waals surface area contributed by atoms with Gasteiger partial charge in [0.05, 0.1) is 22.7 Å². The molecule has 4 aromatic rings. The summed E-state index contributed by atoms with van der Waals surface area (Å²) in [5.41, 5.74) is 2.43. The maximum absolute atomic E-state index is 12.8. The van der Waals surface area contributed by atoms with Crippen LogP contribution in [-0.4, -0.2) is 15.4 Å². The van der Waals surface area contributed by atoms with E-state index in [1.165, 1.54) is 18.3 Å². The molecule has 130 valence electrons. The van der Waals surface area contributed by atoms with Crippen molar-refractivity contribution in [2.24, 2.45) is 0 Å². The third-order valence-corrected chi connectivity index (χ3v) is 6.28. The first-order valence-electron chi connectivity index (χ1n) is 7.53. The summed E-state index contributed by atoms with van der Waals surface area (Å²) >= 11 is 5.62. The minimum Gasteiger partial charge on any atom is -0.424 e. The standard InChI is InChI=1S/C18H10I2N2O3S/c1-9(23)25-16-11(19)6-10(7-12(16)20)8-15-17(24)22-14-5-3-2-4-13(14)21-18(22)26-15/h2-8H,1H3. The van der Waals surface area contributed by atoms with Crippen LogP contribution in [0.2, 0.25) is 0 Å². The van der Waals surface area contributed by atoms with Gasteiger partial charge >= 0.3 is 5.97 Å². The highest BCUT2D eigenvalue weighted by molar-refractivity contribution is 14.1. The molecule has 0 aliphatic carbocycles. The fourth-order valence-corrected chi connectivity index (χ4v) is 5.69. The number of ether oxygens (including phenoxy) is 1. The molecule has 0 saturated carbocycles. The molecule has 4 rings (SSSR count). The Labute approximate surface area is 179 Å². The zero-order valence-corrected chi connectivity index (χ0v) is 18.5. The first-order chi connectivity index (χ1) is 12.4. The number of esters is 1. The van der Waals surface area contributed by atoms with Gasteiger partial charge in [-0.3, -0.25) is 9.59 Å². The van der Waals surface area contributed by atoms with Gasteiger partial charge in [0.1, 0.15) is 0 Å². The summed E-state index contributed by atoms with van der Waals surface area (Å²) in [5.74, 6) is 0.191. The van der Waals surface area contributed by atoms with E-state index >= 15 is 0 Å². The first-order valence-corrected chi connectivity index (χ1v) is 10.5. The molecule has 0 aliphatic rings. The van der Waals surface area contributed by atoms with Gasteiger partial charge in [-0.05, 0) is 81.1 Å². The number of hydrogen-bond acceptors (Lipinski definition) is 5. The largest absolute Gasteiger partial charge is 0.424 e. The molecule has 0 unspecified atom stereocenters. The topological polar surface area (TPSA) is 60.7 Å². The fraction of sp³-hybridized carbons (Fsp3) is 0.0556. The monoisotopic (exact) mass is 588 g/mol. The fourth-order valence-electron chi connectivity index (χ4n) is 2.67. The molecule has 0 N–H and O–H groups in total. The van der Waals surface area contributed by atoms with E-state index in [1.807, 2.05) is 42.5 Å². The quantitative estimate of drug-likeness (QED) is 0.204. The van der Waals surface area contributed by atoms with E-state index in [0.717, 1.165) is 23.7 Å². The van der Waals surface area contributed by atoms with E-state index in [9.17, 15) is 9.59 Å². The third-order valence-electron chi connectivity index (χ3n) is 3.71. The highest BCUT2D eigenvalue weighted by Gasteiger charge is 2.13. The zero-order chi connectivity index (χ0) is 18.4. The number of nitrogens with zero attached hydrogens (tertiary/aromatic N) is 2. The van der Waals surface area contributed by atoms with Gasteiger partial charge in [0, 0.05) is 6.92 Å². The van der Waals surface area contributed by atoms with E-state index in [0.29, 0.717) is 15.2 Å². The first kappa shape index (κ1) is 17.9. The summed E-state index contributed by atoms with van der Waals surface area (Å²) in [6.07, 6.45) is 1.85. The van der Waals surface area contributed by atoms with Crippen LogP contribution in [0.25, 0.3) is 22.1 Å². The van der Waals surface area contributed by atoms with E-state index in [1.54, 1.807) is 4.40 Å². The lowest BCUT2D eigenvalue weighted by atomic mass is 10.2. The predicted molar refractivity (Wildman–Crippen MR) is 119 cm³/mol. The second kappa shape index (κ2) is 6.89. The van der Waals surface area contributed by atoms with Crippen molar-refractivity contribution in [2.45, 2.75) is 6.92 Å². The molecule has 0 atom stereocenters. The van der Waals surface area contributed by atoms with Crippen LogP contribution in [0.3, 0.4) is 0 Å². The smallest absolute Gasteiger partial charge is 0.308 e. The molecule has 8 heteroatoms. The van der Waals surface area contributed by atoms with Gasteiger partial charge in [0.25, 0.3) is 5.56 Å². The Morgan fingerprint density at radius 3 is 2.62 bits per heavy atom. The number of benzene rings is 2. The average molecular weight is 588 g/mol. The van der Waals surface area contributed by atoms with Gasteiger partial charge in [-0.2, -0.15) is 0 Å². The average Bonchev–Trinajstić information content (AvgIpc) is 3.08. The minimum absolute atomic E-state index is 0.0761. The summed E-state index contributed by atoms with van der Waals surface area (Å²) in [7, 11) is 0. The number of imidazole rings is 1. The molecule has 5 nitrogen and oxygen atoms in total.